The number of amides is 1. The van der Waals surface area contributed by atoms with Crippen molar-refractivity contribution in [2.75, 3.05) is 24.7 Å². The standard InChI is InChI=1S/C32H29Cl2FN4O3/c1-42-30(40)17-8-10-19(23(36)12-17)24-14-26-29(37-24)27(20-6-3-7-22(34)28(20)35)32(39(26)15-16-4-2-5-16)21-11-9-18(33)13-25(21)38-31(32)41/h3,6-13,16,26-27,29H,2,4-5,14-15,36H2,1H3,(H,38,41)/t26-,27-,29+,32+/m0/s1. The number of carbonyl (C=O) groups excluding carboxylic acids is 2. The fraction of sp³-hybridized carbons (Fsp3) is 0.344. The Morgan fingerprint density at radius 1 is 1.19 bits per heavy atom. The molecule has 1 saturated carbocycles. The lowest BCUT2D eigenvalue weighted by molar-refractivity contribution is -0.128. The number of nitrogen functional groups attached to an aromatic ring is 1. The SMILES string of the molecule is COC(=O)c1ccc(C2=N[C@@H]3[C@H](C2)N(CC2CCC2)[C@@]2(C(=O)Nc4cc(Cl)ccc42)[C@H]3c2cccc(Cl)c2F)c(N)c1. The molecule has 3 N–H and O–H groups in total. The van der Waals surface area contributed by atoms with Crippen LogP contribution in [0.1, 0.15) is 58.6 Å². The zero-order chi connectivity index (χ0) is 29.3. The second kappa shape index (κ2) is 10.1. The van der Waals surface area contributed by atoms with E-state index in [9.17, 15) is 9.59 Å². The van der Waals surface area contributed by atoms with E-state index in [1.54, 1.807) is 42.5 Å². The molecule has 3 aromatic rings. The summed E-state index contributed by atoms with van der Waals surface area (Å²) in [4.78, 5) is 33.9. The summed E-state index contributed by atoms with van der Waals surface area (Å²) < 4.78 is 20.8. The molecule has 10 heteroatoms. The molecule has 3 aromatic carbocycles. The average Bonchev–Trinajstić information content (AvgIpc) is 3.56. The van der Waals surface area contributed by atoms with Crippen molar-refractivity contribution in [3.05, 3.63) is 92.7 Å². The summed E-state index contributed by atoms with van der Waals surface area (Å²) in [5, 5.41) is 3.58. The van der Waals surface area contributed by atoms with Crippen LogP contribution in [0.15, 0.2) is 59.6 Å². The molecule has 3 aliphatic heterocycles. The van der Waals surface area contributed by atoms with Crippen LogP contribution in [0.3, 0.4) is 0 Å². The largest absolute Gasteiger partial charge is 0.465 e. The number of fused-ring (bicyclic) bond motifs is 3. The van der Waals surface area contributed by atoms with Gasteiger partial charge >= 0.3 is 5.97 Å². The van der Waals surface area contributed by atoms with Crippen molar-refractivity contribution >= 4 is 52.2 Å². The highest BCUT2D eigenvalue weighted by molar-refractivity contribution is 6.31. The molecule has 0 aromatic heterocycles. The van der Waals surface area contributed by atoms with Crippen molar-refractivity contribution in [2.24, 2.45) is 10.9 Å². The lowest BCUT2D eigenvalue weighted by Crippen LogP contribution is -2.54. The number of halogens is 3. The molecule has 0 bridgehead atoms. The summed E-state index contributed by atoms with van der Waals surface area (Å²) in [6.45, 7) is 0.675. The Balaban J connectivity index is 1.43. The van der Waals surface area contributed by atoms with Crippen molar-refractivity contribution in [3.63, 3.8) is 0 Å². The fourth-order valence-electron chi connectivity index (χ4n) is 7.45. The second-order valence-electron chi connectivity index (χ2n) is 11.6. The minimum absolute atomic E-state index is 0.00350. The van der Waals surface area contributed by atoms with Crippen LogP contribution >= 0.6 is 23.2 Å². The van der Waals surface area contributed by atoms with Crippen LogP contribution in [0.4, 0.5) is 15.8 Å². The van der Waals surface area contributed by atoms with Crippen LogP contribution < -0.4 is 11.1 Å². The maximum atomic E-state index is 16.0. The lowest BCUT2D eigenvalue weighted by Gasteiger charge is -2.43. The number of anilines is 2. The Labute approximate surface area is 252 Å². The van der Waals surface area contributed by atoms with Gasteiger partial charge in [-0.05, 0) is 54.7 Å². The van der Waals surface area contributed by atoms with E-state index >= 15 is 4.39 Å². The first-order valence-electron chi connectivity index (χ1n) is 14.1. The van der Waals surface area contributed by atoms with Gasteiger partial charge in [0.1, 0.15) is 11.4 Å². The van der Waals surface area contributed by atoms with Crippen molar-refractivity contribution < 1.29 is 18.7 Å². The molecule has 1 aliphatic carbocycles. The van der Waals surface area contributed by atoms with Crippen LogP contribution in [0, 0.1) is 11.7 Å². The minimum Gasteiger partial charge on any atom is -0.465 e. The molecule has 2 fully saturated rings. The van der Waals surface area contributed by atoms with Gasteiger partial charge in [0.25, 0.3) is 0 Å². The zero-order valence-corrected chi connectivity index (χ0v) is 24.4. The van der Waals surface area contributed by atoms with Gasteiger partial charge in [-0.25, -0.2) is 9.18 Å². The van der Waals surface area contributed by atoms with E-state index in [-0.39, 0.29) is 17.0 Å². The van der Waals surface area contributed by atoms with E-state index in [0.29, 0.717) is 52.0 Å². The maximum Gasteiger partial charge on any atom is 0.337 e. The molecule has 216 valence electrons. The zero-order valence-electron chi connectivity index (χ0n) is 22.9. The first-order valence-corrected chi connectivity index (χ1v) is 14.9. The van der Waals surface area contributed by atoms with Crippen LogP contribution in [-0.2, 0) is 15.1 Å². The van der Waals surface area contributed by atoms with Gasteiger partial charge in [-0.15, -0.1) is 0 Å². The van der Waals surface area contributed by atoms with E-state index in [1.165, 1.54) is 13.2 Å². The van der Waals surface area contributed by atoms with Gasteiger partial charge < -0.3 is 15.8 Å². The number of aliphatic imine (C=N–C) groups is 1. The molecule has 42 heavy (non-hydrogen) atoms. The van der Waals surface area contributed by atoms with Crippen molar-refractivity contribution in [1.82, 2.24) is 4.90 Å². The summed E-state index contributed by atoms with van der Waals surface area (Å²) >= 11 is 12.7. The highest BCUT2D eigenvalue weighted by atomic mass is 35.5. The predicted octanol–water partition coefficient (Wildman–Crippen LogP) is 6.18. The van der Waals surface area contributed by atoms with Gasteiger partial charge in [0, 0.05) is 58.2 Å². The summed E-state index contributed by atoms with van der Waals surface area (Å²) in [6, 6.07) is 14.7. The monoisotopic (exact) mass is 606 g/mol. The first-order chi connectivity index (χ1) is 20.2. The maximum absolute atomic E-state index is 16.0. The number of nitrogens with zero attached hydrogens (tertiary/aromatic N) is 2. The third-order valence-corrected chi connectivity index (χ3v) is 10.0. The van der Waals surface area contributed by atoms with Gasteiger partial charge in [0.05, 0.1) is 23.7 Å². The van der Waals surface area contributed by atoms with E-state index in [1.807, 2.05) is 6.07 Å². The molecular weight excluding hydrogens is 578 g/mol. The fourth-order valence-corrected chi connectivity index (χ4v) is 7.81. The molecule has 1 spiro atoms. The van der Waals surface area contributed by atoms with Crippen LogP contribution in [-0.4, -0.2) is 48.2 Å². The van der Waals surface area contributed by atoms with Gasteiger partial charge in [-0.3, -0.25) is 14.7 Å². The number of methoxy groups -OCH3 is 1. The average molecular weight is 608 g/mol. The smallest absolute Gasteiger partial charge is 0.337 e. The quantitative estimate of drug-likeness (QED) is 0.267. The Morgan fingerprint density at radius 3 is 2.71 bits per heavy atom. The number of carbonyl (C=O) groups is 2. The highest BCUT2D eigenvalue weighted by Crippen LogP contribution is 2.61. The Bertz CT molecular complexity index is 1680. The third-order valence-electron chi connectivity index (χ3n) is 9.51. The number of rotatable bonds is 5. The molecule has 4 aliphatic rings. The minimum atomic E-state index is -1.20. The Kier molecular flexibility index (Phi) is 6.57. The molecule has 1 saturated heterocycles. The number of likely N-dealkylation sites (tertiary alicyclic amines) is 1. The number of nitrogens with one attached hydrogen (secondary N) is 1. The molecule has 3 heterocycles. The van der Waals surface area contributed by atoms with Gasteiger partial charge in [-0.1, -0.05) is 53.9 Å². The second-order valence-corrected chi connectivity index (χ2v) is 12.5. The number of hydrogen-bond acceptors (Lipinski definition) is 6. The predicted molar refractivity (Wildman–Crippen MR) is 161 cm³/mol. The summed E-state index contributed by atoms with van der Waals surface area (Å²) in [6.07, 6.45) is 3.81. The first kappa shape index (κ1) is 27.4. The van der Waals surface area contributed by atoms with Crippen LogP contribution in [0.2, 0.25) is 10.0 Å². The highest BCUT2D eigenvalue weighted by Gasteiger charge is 2.68. The number of esters is 1. The van der Waals surface area contributed by atoms with Crippen molar-refractivity contribution in [1.29, 1.82) is 0 Å². The van der Waals surface area contributed by atoms with Crippen molar-refractivity contribution in [2.45, 2.75) is 49.2 Å². The molecular formula is C32H29Cl2FN4O3. The van der Waals surface area contributed by atoms with E-state index in [0.717, 1.165) is 30.5 Å². The molecule has 7 nitrogen and oxygen atoms in total. The van der Waals surface area contributed by atoms with Crippen molar-refractivity contribution in [3.8, 4) is 0 Å². The normalized spacial score (nSPS) is 26.5. The van der Waals surface area contributed by atoms with E-state index in [2.05, 4.69) is 10.2 Å². The summed E-state index contributed by atoms with van der Waals surface area (Å²) in [7, 11) is 1.32. The third kappa shape index (κ3) is 3.92. The lowest BCUT2D eigenvalue weighted by atomic mass is 9.73. The summed E-state index contributed by atoms with van der Waals surface area (Å²) in [5.74, 6) is -1.49. The van der Waals surface area contributed by atoms with E-state index < -0.39 is 29.3 Å². The van der Waals surface area contributed by atoms with Crippen LogP contribution in [0.25, 0.3) is 0 Å². The molecule has 0 unspecified atom stereocenters. The number of hydrogen-bond donors (Lipinski definition) is 2. The molecule has 0 radical (unpaired) electrons. The van der Waals surface area contributed by atoms with Gasteiger partial charge in [-0.2, -0.15) is 0 Å². The van der Waals surface area contributed by atoms with Gasteiger partial charge in [0.2, 0.25) is 5.91 Å². The summed E-state index contributed by atoms with van der Waals surface area (Å²) in [5.41, 5.74) is 9.21. The molecule has 1 amide bonds. The molecule has 4 atom stereocenters. The Morgan fingerprint density at radius 2 is 2.00 bits per heavy atom. The Hall–Kier alpha value is -3.46. The number of ether oxygens (including phenoxy) is 1. The number of nitrogens with two attached hydrogens (primary N) is 1. The van der Waals surface area contributed by atoms with E-state index in [4.69, 9.17) is 38.7 Å². The van der Waals surface area contributed by atoms with Gasteiger partial charge in [0.15, 0.2) is 0 Å². The topological polar surface area (TPSA) is 97.0 Å². The number of benzene rings is 3. The van der Waals surface area contributed by atoms with Crippen LogP contribution in [0.5, 0.6) is 0 Å². The molecule has 7 rings (SSSR count).